The molecular weight excluding hydrogens is 314 g/mol. The first kappa shape index (κ1) is 9.30. The minimum absolute atomic E-state index is 0.628. The van der Waals surface area contributed by atoms with Gasteiger partial charge in [0.2, 0.25) is 0 Å². The first-order valence-corrected chi connectivity index (χ1v) is 6.68. The van der Waals surface area contributed by atoms with Crippen molar-refractivity contribution in [3.8, 4) is 0 Å². The predicted molar refractivity (Wildman–Crippen MR) is 59.8 cm³/mol. The number of benzene rings is 1. The number of allylic oxidation sites excluding steroid dienone is 1. The third-order valence-electron chi connectivity index (χ3n) is 1.18. The van der Waals surface area contributed by atoms with Crippen LogP contribution in [0.4, 0.5) is 0 Å². The van der Waals surface area contributed by atoms with Crippen LogP contribution in [-0.2, 0) is 0 Å². The molecule has 0 aromatic heterocycles. The molecule has 0 nitrogen and oxygen atoms in total. The van der Waals surface area contributed by atoms with Gasteiger partial charge in [0.1, 0.15) is 0 Å². The van der Waals surface area contributed by atoms with Crippen molar-refractivity contribution in [2.24, 2.45) is 0 Å². The molecule has 1 aromatic carbocycles. The van der Waals surface area contributed by atoms with Gasteiger partial charge in [0, 0.05) is 0 Å². The Balaban J connectivity index is 2.39. The molecule has 0 aliphatic carbocycles. The van der Waals surface area contributed by atoms with Gasteiger partial charge >= 0.3 is 87.8 Å². The Morgan fingerprint density at radius 2 is 2.00 bits per heavy atom. The van der Waals surface area contributed by atoms with E-state index in [4.69, 9.17) is 0 Å². The van der Waals surface area contributed by atoms with Crippen molar-refractivity contribution in [1.82, 2.24) is 0 Å². The Hall–Kier alpha value is 0.209. The van der Waals surface area contributed by atoms with Gasteiger partial charge in [0.25, 0.3) is 0 Å². The minimum atomic E-state index is 0.628. The molecule has 0 heterocycles. The molecule has 0 radical (unpaired) electrons. The Labute approximate surface area is 87.4 Å². The maximum atomic E-state index is 2.26. The van der Waals surface area contributed by atoms with E-state index in [2.05, 4.69) is 63.1 Å². The molecule has 0 atom stereocenters. The molecule has 0 bridgehead atoms. The molecule has 0 unspecified atom stereocenters. The number of hydrogen-bond acceptors (Lipinski definition) is 0. The van der Waals surface area contributed by atoms with Crippen LogP contribution in [0.1, 0.15) is 0 Å². The molecule has 58 valence electrons. The Bertz CT molecular complexity index is 218. The van der Waals surface area contributed by atoms with Crippen LogP contribution in [0.3, 0.4) is 0 Å². The molecule has 2 heteroatoms. The van der Waals surface area contributed by atoms with Crippen LogP contribution >= 0.6 is 22.6 Å². The fraction of sp³-hybridized carbons (Fsp3) is 0.111. The zero-order chi connectivity index (χ0) is 7.94. The van der Waals surface area contributed by atoms with Gasteiger partial charge < -0.3 is 0 Å². The SMILES string of the molecule is I/C=C/C[Se]c1ccccc1. The molecule has 0 aliphatic rings. The molecule has 0 fully saturated rings. The quantitative estimate of drug-likeness (QED) is 0.592. The summed E-state index contributed by atoms with van der Waals surface area (Å²) in [5, 5.41) is 1.21. The summed E-state index contributed by atoms with van der Waals surface area (Å²) in [6, 6.07) is 10.7. The summed E-state index contributed by atoms with van der Waals surface area (Å²) in [5.74, 6) is 0. The second kappa shape index (κ2) is 5.81. The van der Waals surface area contributed by atoms with Crippen LogP contribution in [0.2, 0.25) is 5.32 Å². The van der Waals surface area contributed by atoms with Crippen LogP contribution in [0.5, 0.6) is 0 Å². The molecule has 1 rings (SSSR count). The summed E-state index contributed by atoms with van der Waals surface area (Å²) >= 11 is 2.89. The van der Waals surface area contributed by atoms with Gasteiger partial charge in [-0.25, -0.2) is 0 Å². The Kier molecular flexibility index (Phi) is 4.91. The average molecular weight is 323 g/mol. The molecule has 11 heavy (non-hydrogen) atoms. The van der Waals surface area contributed by atoms with E-state index in [9.17, 15) is 0 Å². The van der Waals surface area contributed by atoms with Gasteiger partial charge in [-0.3, -0.25) is 0 Å². The fourth-order valence-corrected chi connectivity index (χ4v) is 3.27. The summed E-state index contributed by atoms with van der Waals surface area (Å²) in [5.41, 5.74) is 0. The van der Waals surface area contributed by atoms with E-state index >= 15 is 0 Å². The Morgan fingerprint density at radius 3 is 2.64 bits per heavy atom. The standard InChI is InChI=1S/C9H9ISe/c10-7-4-8-11-9-5-2-1-3-6-9/h1-7H,8H2/b7-4+. The maximum absolute atomic E-state index is 2.26. The molecule has 0 spiro atoms. The van der Waals surface area contributed by atoms with Crippen LogP contribution < -0.4 is 4.46 Å². The van der Waals surface area contributed by atoms with Crippen LogP contribution in [0.15, 0.2) is 40.5 Å². The predicted octanol–water partition coefficient (Wildman–Crippen LogP) is 2.38. The van der Waals surface area contributed by atoms with Crippen molar-refractivity contribution in [3.63, 3.8) is 0 Å². The normalized spacial score (nSPS) is 10.6. The Morgan fingerprint density at radius 1 is 1.27 bits per heavy atom. The van der Waals surface area contributed by atoms with E-state index in [1.165, 1.54) is 9.78 Å². The fourth-order valence-electron chi connectivity index (χ4n) is 0.697. The second-order valence-electron chi connectivity index (χ2n) is 1.99. The molecule has 1 aromatic rings. The zero-order valence-electron chi connectivity index (χ0n) is 6.03. The summed E-state index contributed by atoms with van der Waals surface area (Å²) in [4.78, 5) is 0. The van der Waals surface area contributed by atoms with Crippen molar-refractivity contribution in [2.75, 3.05) is 0 Å². The van der Waals surface area contributed by atoms with Gasteiger partial charge in [-0.1, -0.05) is 0 Å². The molecule has 0 saturated heterocycles. The van der Waals surface area contributed by atoms with Gasteiger partial charge in [-0.15, -0.1) is 0 Å². The van der Waals surface area contributed by atoms with Crippen LogP contribution in [-0.4, -0.2) is 15.0 Å². The molecule has 0 aliphatic heterocycles. The van der Waals surface area contributed by atoms with E-state index in [1.54, 1.807) is 0 Å². The first-order valence-electron chi connectivity index (χ1n) is 3.36. The van der Waals surface area contributed by atoms with Crippen molar-refractivity contribution in [3.05, 3.63) is 40.5 Å². The average Bonchev–Trinajstić information content (AvgIpc) is 2.07. The number of hydrogen-bond donors (Lipinski definition) is 0. The summed E-state index contributed by atoms with van der Waals surface area (Å²) in [6.07, 6.45) is 2.22. The van der Waals surface area contributed by atoms with Crippen molar-refractivity contribution < 1.29 is 0 Å². The van der Waals surface area contributed by atoms with E-state index in [0.29, 0.717) is 15.0 Å². The van der Waals surface area contributed by atoms with Gasteiger partial charge in [0.05, 0.1) is 0 Å². The molecule has 0 saturated carbocycles. The third-order valence-corrected chi connectivity index (χ3v) is 3.71. The number of halogens is 1. The zero-order valence-corrected chi connectivity index (χ0v) is 9.91. The number of rotatable bonds is 3. The van der Waals surface area contributed by atoms with Crippen LogP contribution in [0, 0.1) is 0 Å². The third kappa shape index (κ3) is 3.94. The monoisotopic (exact) mass is 324 g/mol. The topological polar surface area (TPSA) is 0 Å². The van der Waals surface area contributed by atoms with E-state index in [0.717, 1.165) is 0 Å². The second-order valence-corrected chi connectivity index (χ2v) is 5.00. The van der Waals surface area contributed by atoms with E-state index in [-0.39, 0.29) is 0 Å². The van der Waals surface area contributed by atoms with Gasteiger partial charge in [0.15, 0.2) is 0 Å². The van der Waals surface area contributed by atoms with Gasteiger partial charge in [-0.2, -0.15) is 0 Å². The van der Waals surface area contributed by atoms with E-state index < -0.39 is 0 Å². The molecule has 0 N–H and O–H groups in total. The first-order chi connectivity index (χ1) is 5.43. The summed E-state index contributed by atoms with van der Waals surface area (Å²) < 4.78 is 3.57. The van der Waals surface area contributed by atoms with Crippen molar-refractivity contribution >= 4 is 42.0 Å². The molecule has 0 amide bonds. The molecular formula is C9H9ISe. The van der Waals surface area contributed by atoms with Gasteiger partial charge in [-0.05, 0) is 0 Å². The van der Waals surface area contributed by atoms with E-state index in [1.807, 2.05) is 0 Å². The van der Waals surface area contributed by atoms with Crippen LogP contribution in [0.25, 0.3) is 0 Å². The summed E-state index contributed by atoms with van der Waals surface area (Å²) in [7, 11) is 0. The summed E-state index contributed by atoms with van der Waals surface area (Å²) in [6.45, 7) is 0. The van der Waals surface area contributed by atoms with Crippen molar-refractivity contribution in [1.29, 1.82) is 0 Å². The van der Waals surface area contributed by atoms with Crippen molar-refractivity contribution in [2.45, 2.75) is 5.32 Å².